The van der Waals surface area contributed by atoms with Crippen molar-refractivity contribution in [3.8, 4) is 6.07 Å². The first-order valence-corrected chi connectivity index (χ1v) is 6.13. The monoisotopic (exact) mass is 251 g/mol. The van der Waals surface area contributed by atoms with Gasteiger partial charge in [0, 0.05) is 18.4 Å². The van der Waals surface area contributed by atoms with Gasteiger partial charge in [0.1, 0.15) is 6.07 Å². The van der Waals surface area contributed by atoms with Gasteiger partial charge in [0.15, 0.2) is 0 Å². The Hall–Kier alpha value is -2.47. The van der Waals surface area contributed by atoms with E-state index in [0.717, 1.165) is 11.4 Å². The molecule has 0 aromatic heterocycles. The number of anilines is 3. The first-order chi connectivity index (χ1) is 9.02. The second kappa shape index (κ2) is 5.03. The van der Waals surface area contributed by atoms with Crippen molar-refractivity contribution in [3.63, 3.8) is 0 Å². The molecule has 2 aromatic carbocycles. The van der Waals surface area contributed by atoms with E-state index in [1.165, 1.54) is 11.1 Å². The van der Waals surface area contributed by atoms with Crippen LogP contribution in [0.5, 0.6) is 0 Å². The Bertz CT molecular complexity index is 654. The second-order valence-corrected chi connectivity index (χ2v) is 4.74. The minimum Gasteiger partial charge on any atom is -0.399 e. The first kappa shape index (κ1) is 13.0. The largest absolute Gasteiger partial charge is 0.399 e. The number of aryl methyl sites for hydroxylation is 2. The third-order valence-corrected chi connectivity index (χ3v) is 3.22. The van der Waals surface area contributed by atoms with Gasteiger partial charge in [-0.25, -0.2) is 0 Å². The van der Waals surface area contributed by atoms with Crippen molar-refractivity contribution in [1.29, 1.82) is 5.26 Å². The predicted octanol–water partition coefficient (Wildman–Crippen LogP) is 3.53. The second-order valence-electron chi connectivity index (χ2n) is 4.74. The summed E-state index contributed by atoms with van der Waals surface area (Å²) in [4.78, 5) is 2.02. The molecule has 2 N–H and O–H groups in total. The minimum atomic E-state index is 0.586. The average molecular weight is 251 g/mol. The van der Waals surface area contributed by atoms with Crippen LogP contribution in [0.15, 0.2) is 36.4 Å². The van der Waals surface area contributed by atoms with Gasteiger partial charge in [-0.1, -0.05) is 17.7 Å². The molecule has 2 rings (SSSR count). The molecule has 0 bridgehead atoms. The lowest BCUT2D eigenvalue weighted by molar-refractivity contribution is 1.17. The van der Waals surface area contributed by atoms with Gasteiger partial charge in [-0.3, -0.25) is 0 Å². The molecule has 0 fully saturated rings. The van der Waals surface area contributed by atoms with Crippen molar-refractivity contribution in [2.75, 3.05) is 17.7 Å². The fraction of sp³-hybridized carbons (Fsp3) is 0.188. The third kappa shape index (κ3) is 2.53. The van der Waals surface area contributed by atoms with Gasteiger partial charge in [0.05, 0.1) is 11.3 Å². The molecule has 0 saturated heterocycles. The van der Waals surface area contributed by atoms with Crippen LogP contribution in [0.25, 0.3) is 0 Å². The van der Waals surface area contributed by atoms with Crippen molar-refractivity contribution >= 4 is 17.1 Å². The van der Waals surface area contributed by atoms with E-state index < -0.39 is 0 Å². The van der Waals surface area contributed by atoms with Gasteiger partial charge >= 0.3 is 0 Å². The third-order valence-electron chi connectivity index (χ3n) is 3.22. The van der Waals surface area contributed by atoms with Crippen LogP contribution >= 0.6 is 0 Å². The van der Waals surface area contributed by atoms with E-state index >= 15 is 0 Å². The highest BCUT2D eigenvalue weighted by atomic mass is 15.1. The van der Waals surface area contributed by atoms with Crippen molar-refractivity contribution in [1.82, 2.24) is 0 Å². The van der Waals surface area contributed by atoms with Crippen LogP contribution in [-0.4, -0.2) is 7.05 Å². The summed E-state index contributed by atoms with van der Waals surface area (Å²) in [6.07, 6.45) is 0. The SMILES string of the molecule is Cc1ccc(N(C)c2ccc(N)cc2C#N)c(C)c1. The summed E-state index contributed by atoms with van der Waals surface area (Å²) in [6.45, 7) is 4.14. The van der Waals surface area contributed by atoms with E-state index in [1.807, 2.05) is 24.1 Å². The summed E-state index contributed by atoms with van der Waals surface area (Å²) < 4.78 is 0. The topological polar surface area (TPSA) is 53.0 Å². The van der Waals surface area contributed by atoms with Crippen molar-refractivity contribution in [3.05, 3.63) is 53.1 Å². The Kier molecular flexibility index (Phi) is 3.43. The van der Waals surface area contributed by atoms with Gasteiger partial charge in [-0.2, -0.15) is 5.26 Å². The van der Waals surface area contributed by atoms with Gasteiger partial charge < -0.3 is 10.6 Å². The lowest BCUT2D eigenvalue weighted by Gasteiger charge is -2.23. The molecule has 0 spiro atoms. The van der Waals surface area contributed by atoms with Gasteiger partial charge in [-0.05, 0) is 43.7 Å². The Balaban J connectivity index is 2.50. The molecule has 19 heavy (non-hydrogen) atoms. The van der Waals surface area contributed by atoms with Crippen LogP contribution in [0.1, 0.15) is 16.7 Å². The Morgan fingerprint density at radius 1 is 1.05 bits per heavy atom. The molecule has 0 aliphatic heterocycles. The highest BCUT2D eigenvalue weighted by Gasteiger charge is 2.11. The van der Waals surface area contributed by atoms with Crippen LogP contribution in [0, 0.1) is 25.2 Å². The molecule has 2 aromatic rings. The first-order valence-electron chi connectivity index (χ1n) is 6.13. The number of nitrogens with two attached hydrogens (primary N) is 1. The van der Waals surface area contributed by atoms with Crippen LogP contribution in [0.4, 0.5) is 17.1 Å². The van der Waals surface area contributed by atoms with Crippen molar-refractivity contribution < 1.29 is 0 Å². The maximum Gasteiger partial charge on any atom is 0.101 e. The molecule has 96 valence electrons. The van der Waals surface area contributed by atoms with E-state index in [9.17, 15) is 5.26 Å². The molecular weight excluding hydrogens is 234 g/mol. The fourth-order valence-electron chi connectivity index (χ4n) is 2.25. The fourth-order valence-corrected chi connectivity index (χ4v) is 2.25. The number of nitriles is 1. The van der Waals surface area contributed by atoms with Gasteiger partial charge in [-0.15, -0.1) is 0 Å². The minimum absolute atomic E-state index is 0.586. The lowest BCUT2D eigenvalue weighted by atomic mass is 10.1. The van der Waals surface area contributed by atoms with Gasteiger partial charge in [0.2, 0.25) is 0 Å². The summed E-state index contributed by atoms with van der Waals surface area (Å²) >= 11 is 0. The number of nitrogens with zero attached hydrogens (tertiary/aromatic N) is 2. The molecule has 0 atom stereocenters. The van der Waals surface area contributed by atoms with Crippen LogP contribution < -0.4 is 10.6 Å². The molecule has 0 aliphatic carbocycles. The van der Waals surface area contributed by atoms with Gasteiger partial charge in [0.25, 0.3) is 0 Å². The smallest absolute Gasteiger partial charge is 0.101 e. The quantitative estimate of drug-likeness (QED) is 0.831. The summed E-state index contributed by atoms with van der Waals surface area (Å²) in [6, 6.07) is 13.9. The van der Waals surface area contributed by atoms with Crippen LogP contribution in [-0.2, 0) is 0 Å². The number of benzene rings is 2. The highest BCUT2D eigenvalue weighted by molar-refractivity contribution is 5.73. The maximum absolute atomic E-state index is 9.22. The molecule has 0 unspecified atom stereocenters. The molecule has 0 aliphatic rings. The summed E-state index contributed by atoms with van der Waals surface area (Å²) in [5.74, 6) is 0. The highest BCUT2D eigenvalue weighted by Crippen LogP contribution is 2.30. The van der Waals surface area contributed by atoms with Crippen molar-refractivity contribution in [2.45, 2.75) is 13.8 Å². The zero-order valence-electron chi connectivity index (χ0n) is 11.4. The lowest BCUT2D eigenvalue weighted by Crippen LogP contribution is -2.12. The Labute approximate surface area is 113 Å². The average Bonchev–Trinajstić information content (AvgIpc) is 2.37. The number of hydrogen-bond acceptors (Lipinski definition) is 3. The zero-order valence-corrected chi connectivity index (χ0v) is 11.4. The van der Waals surface area contributed by atoms with E-state index in [1.54, 1.807) is 6.07 Å². The molecular formula is C16H17N3. The number of nitrogen functional groups attached to an aromatic ring is 1. The summed E-state index contributed by atoms with van der Waals surface area (Å²) in [5, 5.41) is 9.22. The van der Waals surface area contributed by atoms with Crippen molar-refractivity contribution in [2.24, 2.45) is 0 Å². The Morgan fingerprint density at radius 3 is 2.37 bits per heavy atom. The normalized spacial score (nSPS) is 10.0. The van der Waals surface area contributed by atoms with E-state index in [2.05, 4.69) is 38.1 Å². The van der Waals surface area contributed by atoms with Crippen LogP contribution in [0.2, 0.25) is 0 Å². The zero-order chi connectivity index (χ0) is 14.0. The standard InChI is InChI=1S/C16H17N3/c1-11-4-6-15(12(2)8-11)19(3)16-7-5-14(18)9-13(16)10-17/h4-9H,18H2,1-3H3. The van der Waals surface area contributed by atoms with E-state index in [-0.39, 0.29) is 0 Å². The number of hydrogen-bond donors (Lipinski definition) is 1. The van der Waals surface area contributed by atoms with E-state index in [0.29, 0.717) is 11.3 Å². The molecule has 3 nitrogen and oxygen atoms in total. The predicted molar refractivity (Wildman–Crippen MR) is 79.5 cm³/mol. The van der Waals surface area contributed by atoms with Crippen LogP contribution in [0.3, 0.4) is 0 Å². The molecule has 0 amide bonds. The molecule has 0 radical (unpaired) electrons. The molecule has 3 heteroatoms. The molecule has 0 saturated carbocycles. The van der Waals surface area contributed by atoms with E-state index in [4.69, 9.17) is 5.73 Å². The number of rotatable bonds is 2. The summed E-state index contributed by atoms with van der Waals surface area (Å²) in [7, 11) is 1.96. The molecule has 0 heterocycles. The summed E-state index contributed by atoms with van der Waals surface area (Å²) in [5.41, 5.74) is 11.3. The Morgan fingerprint density at radius 2 is 1.74 bits per heavy atom. The maximum atomic E-state index is 9.22.